The molecule has 0 fully saturated rings. The van der Waals surface area contributed by atoms with Crippen LogP contribution in [0, 0.1) is 0 Å². The fraction of sp³-hybridized carbons (Fsp3) is 0.105. The Bertz CT molecular complexity index is 1020. The van der Waals surface area contributed by atoms with Gasteiger partial charge in [0.1, 0.15) is 5.75 Å². The van der Waals surface area contributed by atoms with E-state index < -0.39 is 0 Å². The topological polar surface area (TPSA) is 75.9 Å². The number of aromatic nitrogens is 4. The van der Waals surface area contributed by atoms with Crippen molar-refractivity contribution in [3.05, 3.63) is 61.2 Å². The van der Waals surface area contributed by atoms with Gasteiger partial charge in [0.15, 0.2) is 0 Å². The zero-order valence-corrected chi connectivity index (χ0v) is 13.7. The molecule has 25 heavy (non-hydrogen) atoms. The minimum absolute atomic E-state index is 0.223. The van der Waals surface area contributed by atoms with Gasteiger partial charge in [-0.25, -0.2) is 9.97 Å². The van der Waals surface area contributed by atoms with Gasteiger partial charge in [0, 0.05) is 41.8 Å². The third-order valence-electron chi connectivity index (χ3n) is 4.08. The first-order chi connectivity index (χ1) is 12.2. The number of hydrogen-bond donors (Lipinski definition) is 2. The van der Waals surface area contributed by atoms with Crippen LogP contribution in [0.2, 0.25) is 0 Å². The predicted octanol–water partition coefficient (Wildman–Crippen LogP) is 3.96. The average Bonchev–Trinajstić information content (AvgIpc) is 3.03. The average molecular weight is 331 g/mol. The molecule has 0 bridgehead atoms. The molecular formula is C19H17N5O. The highest BCUT2D eigenvalue weighted by molar-refractivity contribution is 5.94. The fourth-order valence-corrected chi connectivity index (χ4v) is 2.85. The SMILES string of the molecule is CCn1cc(-c2ccnc(Nc3ccc(O)cc3)n2)c2ccncc21. The summed E-state index contributed by atoms with van der Waals surface area (Å²) in [6.07, 6.45) is 7.50. The van der Waals surface area contributed by atoms with Gasteiger partial charge in [-0.3, -0.25) is 4.98 Å². The van der Waals surface area contributed by atoms with E-state index in [1.807, 2.05) is 18.3 Å². The standard InChI is InChI=1S/C19H17N5O/c1-2-24-12-16(15-7-9-20-11-18(15)24)17-8-10-21-19(23-17)22-13-3-5-14(25)6-4-13/h3-12,25H,2H2,1H3,(H,21,22,23). The molecule has 0 saturated carbocycles. The summed E-state index contributed by atoms with van der Waals surface area (Å²) in [5.41, 5.74) is 3.80. The molecule has 0 atom stereocenters. The van der Waals surface area contributed by atoms with Gasteiger partial charge in [0.05, 0.1) is 17.4 Å². The molecular weight excluding hydrogens is 314 g/mol. The number of nitrogens with zero attached hydrogens (tertiary/aromatic N) is 4. The molecule has 124 valence electrons. The van der Waals surface area contributed by atoms with E-state index in [-0.39, 0.29) is 5.75 Å². The number of benzene rings is 1. The van der Waals surface area contributed by atoms with Crippen LogP contribution in [0.15, 0.2) is 61.2 Å². The number of rotatable bonds is 4. The second-order valence-corrected chi connectivity index (χ2v) is 5.66. The summed E-state index contributed by atoms with van der Waals surface area (Å²) in [5.74, 6) is 0.732. The number of hydrogen-bond acceptors (Lipinski definition) is 5. The molecule has 6 nitrogen and oxygen atoms in total. The van der Waals surface area contributed by atoms with Gasteiger partial charge in [-0.15, -0.1) is 0 Å². The van der Waals surface area contributed by atoms with Crippen molar-refractivity contribution >= 4 is 22.5 Å². The highest BCUT2D eigenvalue weighted by Gasteiger charge is 2.11. The van der Waals surface area contributed by atoms with E-state index in [1.54, 1.807) is 36.7 Å². The number of nitrogens with one attached hydrogen (secondary N) is 1. The Morgan fingerprint density at radius 2 is 1.92 bits per heavy atom. The largest absolute Gasteiger partial charge is 0.508 e. The number of phenols is 1. The summed E-state index contributed by atoms with van der Waals surface area (Å²) in [5, 5.41) is 13.6. The Hall–Kier alpha value is -3.41. The molecule has 4 rings (SSSR count). The van der Waals surface area contributed by atoms with E-state index in [9.17, 15) is 5.11 Å². The highest BCUT2D eigenvalue weighted by Crippen LogP contribution is 2.29. The van der Waals surface area contributed by atoms with Gasteiger partial charge < -0.3 is 15.0 Å². The Labute approximate surface area is 144 Å². The normalized spacial score (nSPS) is 10.9. The molecule has 0 saturated heterocycles. The zero-order valence-electron chi connectivity index (χ0n) is 13.7. The van der Waals surface area contributed by atoms with Crippen LogP contribution < -0.4 is 5.32 Å². The molecule has 0 radical (unpaired) electrons. The van der Waals surface area contributed by atoms with Crippen LogP contribution in [0.5, 0.6) is 5.75 Å². The minimum atomic E-state index is 0.223. The van der Waals surface area contributed by atoms with Crippen LogP contribution >= 0.6 is 0 Å². The zero-order chi connectivity index (χ0) is 17.2. The van der Waals surface area contributed by atoms with Crippen molar-refractivity contribution in [3.8, 4) is 17.0 Å². The second-order valence-electron chi connectivity index (χ2n) is 5.66. The van der Waals surface area contributed by atoms with Crippen LogP contribution in [0.25, 0.3) is 22.2 Å². The maximum Gasteiger partial charge on any atom is 0.227 e. The Morgan fingerprint density at radius 3 is 2.72 bits per heavy atom. The Kier molecular flexibility index (Phi) is 3.78. The second kappa shape index (κ2) is 6.24. The van der Waals surface area contributed by atoms with Gasteiger partial charge in [-0.05, 0) is 43.3 Å². The molecule has 6 heteroatoms. The molecule has 0 aliphatic rings. The van der Waals surface area contributed by atoms with E-state index in [0.717, 1.165) is 34.4 Å². The van der Waals surface area contributed by atoms with Crippen LogP contribution in [-0.2, 0) is 6.54 Å². The molecule has 3 aromatic heterocycles. The Balaban J connectivity index is 1.73. The molecule has 0 aliphatic carbocycles. The lowest BCUT2D eigenvalue weighted by molar-refractivity contribution is 0.475. The van der Waals surface area contributed by atoms with E-state index in [2.05, 4.69) is 38.0 Å². The lowest BCUT2D eigenvalue weighted by atomic mass is 10.1. The van der Waals surface area contributed by atoms with Crippen molar-refractivity contribution < 1.29 is 5.11 Å². The van der Waals surface area contributed by atoms with Crippen molar-refractivity contribution in [2.24, 2.45) is 0 Å². The van der Waals surface area contributed by atoms with Crippen LogP contribution in [0.1, 0.15) is 6.92 Å². The van der Waals surface area contributed by atoms with Crippen LogP contribution in [0.4, 0.5) is 11.6 Å². The monoisotopic (exact) mass is 331 g/mol. The molecule has 0 spiro atoms. The first-order valence-electron chi connectivity index (χ1n) is 8.07. The molecule has 0 amide bonds. The molecule has 4 aromatic rings. The van der Waals surface area contributed by atoms with Gasteiger partial charge in [0.25, 0.3) is 0 Å². The number of fused-ring (bicyclic) bond motifs is 1. The fourth-order valence-electron chi connectivity index (χ4n) is 2.85. The maximum atomic E-state index is 9.38. The summed E-state index contributed by atoms with van der Waals surface area (Å²) < 4.78 is 2.16. The smallest absolute Gasteiger partial charge is 0.227 e. The number of pyridine rings is 1. The van der Waals surface area contributed by atoms with E-state index >= 15 is 0 Å². The third kappa shape index (κ3) is 2.89. The van der Waals surface area contributed by atoms with Crippen LogP contribution in [-0.4, -0.2) is 24.6 Å². The predicted molar refractivity (Wildman–Crippen MR) is 97.8 cm³/mol. The van der Waals surface area contributed by atoms with Crippen molar-refractivity contribution in [2.75, 3.05) is 5.32 Å². The quantitative estimate of drug-likeness (QED) is 0.554. The minimum Gasteiger partial charge on any atom is -0.508 e. The summed E-state index contributed by atoms with van der Waals surface area (Å²) in [7, 11) is 0. The van der Waals surface area contributed by atoms with Crippen LogP contribution in [0.3, 0.4) is 0 Å². The molecule has 0 unspecified atom stereocenters. The summed E-state index contributed by atoms with van der Waals surface area (Å²) in [4.78, 5) is 13.1. The van der Waals surface area contributed by atoms with E-state index in [0.29, 0.717) is 5.95 Å². The van der Waals surface area contributed by atoms with Crippen molar-refractivity contribution in [2.45, 2.75) is 13.5 Å². The maximum absolute atomic E-state index is 9.38. The number of phenolic OH excluding ortho intramolecular Hbond substituents is 1. The number of aromatic hydroxyl groups is 1. The van der Waals surface area contributed by atoms with Gasteiger partial charge in [0.2, 0.25) is 5.95 Å². The van der Waals surface area contributed by atoms with Crippen molar-refractivity contribution in [3.63, 3.8) is 0 Å². The van der Waals surface area contributed by atoms with Gasteiger partial charge >= 0.3 is 0 Å². The third-order valence-corrected chi connectivity index (χ3v) is 4.08. The first kappa shape index (κ1) is 15.1. The molecule has 0 aliphatic heterocycles. The summed E-state index contributed by atoms with van der Waals surface area (Å²) >= 11 is 0. The van der Waals surface area contributed by atoms with Crippen molar-refractivity contribution in [1.82, 2.24) is 19.5 Å². The van der Waals surface area contributed by atoms with Gasteiger partial charge in [-0.2, -0.15) is 0 Å². The molecule has 3 heterocycles. The number of anilines is 2. The van der Waals surface area contributed by atoms with Gasteiger partial charge in [-0.1, -0.05) is 0 Å². The molecule has 1 aromatic carbocycles. The summed E-state index contributed by atoms with van der Waals surface area (Å²) in [6, 6.07) is 10.7. The molecule has 2 N–H and O–H groups in total. The summed E-state index contributed by atoms with van der Waals surface area (Å²) in [6.45, 7) is 2.97. The Morgan fingerprint density at radius 1 is 1.08 bits per heavy atom. The lowest BCUT2D eigenvalue weighted by Crippen LogP contribution is -1.97. The highest BCUT2D eigenvalue weighted by atomic mass is 16.3. The lowest BCUT2D eigenvalue weighted by Gasteiger charge is -2.06. The van der Waals surface area contributed by atoms with E-state index in [4.69, 9.17) is 0 Å². The number of aryl methyl sites for hydroxylation is 1. The first-order valence-corrected chi connectivity index (χ1v) is 8.07. The van der Waals surface area contributed by atoms with E-state index in [1.165, 1.54) is 0 Å². The van der Waals surface area contributed by atoms with Crippen molar-refractivity contribution in [1.29, 1.82) is 0 Å².